The molecule has 2 aromatic rings. The summed E-state index contributed by atoms with van der Waals surface area (Å²) in [5.74, 6) is -1.73. The number of aromatic nitrogens is 2. The summed E-state index contributed by atoms with van der Waals surface area (Å²) in [6.07, 6.45) is 1.12. The summed E-state index contributed by atoms with van der Waals surface area (Å²) in [7, 11) is -3.34. The van der Waals surface area contributed by atoms with Crippen LogP contribution in [0.4, 0.5) is 4.39 Å². The number of aliphatic hydroxyl groups excluding tert-OH is 2. The van der Waals surface area contributed by atoms with E-state index in [1.807, 2.05) is 13.8 Å². The van der Waals surface area contributed by atoms with Gasteiger partial charge in [0.2, 0.25) is 0 Å². The number of rotatable bonds is 10. The van der Waals surface area contributed by atoms with E-state index in [0.717, 1.165) is 6.26 Å². The summed E-state index contributed by atoms with van der Waals surface area (Å²) < 4.78 is 38.2. The minimum atomic E-state index is -3.34. The van der Waals surface area contributed by atoms with E-state index < -0.39 is 52.0 Å². The first kappa shape index (κ1) is 31.2. The Labute approximate surface area is 232 Å². The van der Waals surface area contributed by atoms with Crippen LogP contribution in [0.3, 0.4) is 0 Å². The van der Waals surface area contributed by atoms with Crippen molar-refractivity contribution in [2.24, 2.45) is 0 Å². The quantitative estimate of drug-likeness (QED) is 0.352. The van der Waals surface area contributed by atoms with Gasteiger partial charge in [0, 0.05) is 0 Å². The SMILES string of the molecule is CC(C)c1nc([As](C)S(C)(=O)=O)nc(-c2ccc(F)cc2)c1/C=C/[C@@H](O)C[C@@H](O)CC(=O)O.[CaH2]. The molecule has 34 heavy (non-hydrogen) atoms. The second-order valence-corrected chi connectivity index (χ2v) is 19.4. The number of benzene rings is 1. The summed E-state index contributed by atoms with van der Waals surface area (Å²) in [6.45, 7) is 3.77. The first-order valence-electron chi connectivity index (χ1n) is 10.2. The molecule has 0 aliphatic rings. The van der Waals surface area contributed by atoms with Crippen molar-refractivity contribution in [3.05, 3.63) is 47.4 Å². The van der Waals surface area contributed by atoms with Gasteiger partial charge in [0.05, 0.1) is 0 Å². The molecule has 1 aromatic heterocycles. The van der Waals surface area contributed by atoms with Crippen molar-refractivity contribution in [3.8, 4) is 11.3 Å². The zero-order valence-corrected chi connectivity index (χ0v) is 21.5. The Kier molecular flexibility index (Phi) is 12.3. The van der Waals surface area contributed by atoms with E-state index in [1.165, 1.54) is 30.3 Å². The number of hydrogen-bond acceptors (Lipinski definition) is 7. The fourth-order valence-corrected chi connectivity index (χ4v) is 6.66. The number of halogens is 1. The number of nitrogens with zero attached hydrogens (tertiary/aromatic N) is 2. The van der Waals surface area contributed by atoms with Gasteiger partial charge in [-0.05, 0) is 0 Å². The molecule has 0 aliphatic heterocycles. The maximum absolute atomic E-state index is 13.5. The molecule has 0 saturated heterocycles. The van der Waals surface area contributed by atoms with Gasteiger partial charge in [-0.2, -0.15) is 0 Å². The van der Waals surface area contributed by atoms with Crippen molar-refractivity contribution in [1.82, 2.24) is 9.97 Å². The van der Waals surface area contributed by atoms with Crippen LogP contribution in [0.15, 0.2) is 30.3 Å². The van der Waals surface area contributed by atoms with Gasteiger partial charge < -0.3 is 0 Å². The first-order valence-corrected chi connectivity index (χ1v) is 17.1. The van der Waals surface area contributed by atoms with E-state index in [0.29, 0.717) is 22.5 Å². The summed E-state index contributed by atoms with van der Waals surface area (Å²) in [6, 6.07) is 5.61. The van der Waals surface area contributed by atoms with Crippen LogP contribution in [0.1, 0.15) is 43.9 Å². The minimum absolute atomic E-state index is 0. The summed E-state index contributed by atoms with van der Waals surface area (Å²) in [5, 5.41) is 28.8. The van der Waals surface area contributed by atoms with Crippen molar-refractivity contribution in [2.45, 2.75) is 50.5 Å². The standard InChI is InChI=1S/C22H28AsFN2O6S.Ca.2H/c1-13(2)20-18(10-9-16(27)11-17(28)12-19(29)30)21(14-5-7-15(24)8-6-14)26-22(25-20)23(3)33(4,31)32;;;/h5-10,13,16-17,27-28H,11-12H2,1-4H3,(H,29,30);;;/b10-9+;;;/t16-,17-,23?;;;/m1.../s1. The molecule has 184 valence electrons. The molecule has 0 radical (unpaired) electrons. The molecule has 2 rings (SSSR count). The monoisotopic (exact) mass is 584 g/mol. The molecule has 1 heterocycles. The normalized spacial score (nSPS) is 14.6. The van der Waals surface area contributed by atoms with Crippen LogP contribution < -0.4 is 4.61 Å². The molecule has 12 heteroatoms. The molecule has 1 unspecified atom stereocenters. The number of carboxylic acids is 1. The Bertz CT molecular complexity index is 1130. The third kappa shape index (κ3) is 8.97. The van der Waals surface area contributed by atoms with E-state index in [9.17, 15) is 27.8 Å². The van der Waals surface area contributed by atoms with E-state index in [4.69, 9.17) is 5.11 Å². The molecular weight excluding hydrogens is 554 g/mol. The van der Waals surface area contributed by atoms with Crippen molar-refractivity contribution in [2.75, 3.05) is 6.26 Å². The fourth-order valence-electron chi connectivity index (χ4n) is 3.05. The van der Waals surface area contributed by atoms with Crippen molar-refractivity contribution >= 4 is 76.0 Å². The van der Waals surface area contributed by atoms with Crippen LogP contribution in [0.2, 0.25) is 5.71 Å². The van der Waals surface area contributed by atoms with E-state index in [-0.39, 0.29) is 54.7 Å². The maximum atomic E-state index is 13.5. The molecule has 1 aromatic carbocycles. The van der Waals surface area contributed by atoms with Crippen LogP contribution in [-0.4, -0.2) is 109 Å². The fraction of sp³-hybridized carbons (Fsp3) is 0.409. The molecule has 3 N–H and O–H groups in total. The third-order valence-electron chi connectivity index (χ3n) is 4.82. The number of carboxylic acid groups (broad SMARTS) is 1. The van der Waals surface area contributed by atoms with E-state index in [2.05, 4.69) is 9.97 Å². The molecule has 0 fully saturated rings. The summed E-state index contributed by atoms with van der Waals surface area (Å²) in [5.41, 5.74) is 3.70. The van der Waals surface area contributed by atoms with Gasteiger partial charge in [-0.1, -0.05) is 0 Å². The van der Waals surface area contributed by atoms with Gasteiger partial charge in [0.1, 0.15) is 0 Å². The summed E-state index contributed by atoms with van der Waals surface area (Å²) >= 11 is -2.64. The Morgan fingerprint density at radius 1 is 1.18 bits per heavy atom. The number of aliphatic hydroxyl groups is 2. The van der Waals surface area contributed by atoms with E-state index in [1.54, 1.807) is 11.8 Å². The first-order chi connectivity index (χ1) is 15.3. The van der Waals surface area contributed by atoms with Gasteiger partial charge in [0.25, 0.3) is 0 Å². The van der Waals surface area contributed by atoms with Crippen LogP contribution >= 0.6 is 0 Å². The Hall–Kier alpha value is -0.872. The molecule has 0 bridgehead atoms. The zero-order chi connectivity index (χ0) is 24.9. The third-order valence-corrected chi connectivity index (χ3v) is 14.5. The van der Waals surface area contributed by atoms with E-state index >= 15 is 0 Å². The molecule has 0 saturated carbocycles. The second kappa shape index (κ2) is 13.4. The Morgan fingerprint density at radius 2 is 1.76 bits per heavy atom. The van der Waals surface area contributed by atoms with Crippen LogP contribution in [-0.2, 0) is 12.9 Å². The van der Waals surface area contributed by atoms with Crippen LogP contribution in [0.25, 0.3) is 17.3 Å². The van der Waals surface area contributed by atoms with Crippen molar-refractivity contribution < 1.29 is 32.9 Å². The average Bonchev–Trinajstić information content (AvgIpc) is 2.70. The van der Waals surface area contributed by atoms with Gasteiger partial charge >= 0.3 is 234 Å². The van der Waals surface area contributed by atoms with Crippen LogP contribution in [0.5, 0.6) is 0 Å². The average molecular weight is 585 g/mol. The Morgan fingerprint density at radius 3 is 2.26 bits per heavy atom. The number of carbonyl (C=O) groups is 1. The molecule has 0 aliphatic carbocycles. The molecule has 8 nitrogen and oxygen atoms in total. The van der Waals surface area contributed by atoms with Gasteiger partial charge in [-0.3, -0.25) is 0 Å². The summed E-state index contributed by atoms with van der Waals surface area (Å²) in [4.78, 5) is 19.8. The molecule has 0 amide bonds. The topological polar surface area (TPSA) is 138 Å². The van der Waals surface area contributed by atoms with Gasteiger partial charge in [0.15, 0.2) is 0 Å². The van der Waals surface area contributed by atoms with Crippen LogP contribution in [0, 0.1) is 5.82 Å². The molecular formula is C22H30AsCaFN2O6S. The molecule has 0 spiro atoms. The molecule has 3 atom stereocenters. The Balaban J connectivity index is 0.00000578. The van der Waals surface area contributed by atoms with Crippen molar-refractivity contribution in [3.63, 3.8) is 0 Å². The predicted molar refractivity (Wildman–Crippen MR) is 134 cm³/mol. The predicted octanol–water partition coefficient (Wildman–Crippen LogP) is 0.963. The van der Waals surface area contributed by atoms with Crippen molar-refractivity contribution in [1.29, 1.82) is 0 Å². The second-order valence-electron chi connectivity index (χ2n) is 7.98. The van der Waals surface area contributed by atoms with Gasteiger partial charge in [-0.25, -0.2) is 0 Å². The number of aliphatic carboxylic acids is 1. The zero-order valence-electron chi connectivity index (χ0n) is 18.8. The number of hydrogen-bond donors (Lipinski definition) is 3. The van der Waals surface area contributed by atoms with Gasteiger partial charge in [-0.15, -0.1) is 0 Å².